The van der Waals surface area contributed by atoms with Crippen molar-refractivity contribution in [3.05, 3.63) is 46.6 Å². The average Bonchev–Trinajstić information content (AvgIpc) is 2.60. The van der Waals surface area contributed by atoms with E-state index in [1.165, 1.54) is 14.2 Å². The minimum Gasteiger partial charge on any atom is -0.493 e. The Labute approximate surface area is 146 Å². The lowest BCUT2D eigenvalue weighted by Gasteiger charge is -2.27. The van der Waals surface area contributed by atoms with Crippen molar-refractivity contribution in [3.63, 3.8) is 0 Å². The van der Waals surface area contributed by atoms with E-state index in [0.717, 1.165) is 0 Å². The van der Waals surface area contributed by atoms with E-state index in [9.17, 15) is 10.1 Å². The summed E-state index contributed by atoms with van der Waals surface area (Å²) in [4.78, 5) is 12.4. The van der Waals surface area contributed by atoms with Crippen molar-refractivity contribution in [2.45, 2.75) is 19.8 Å². The second kappa shape index (κ2) is 7.62. The zero-order chi connectivity index (χ0) is 18.6. The van der Waals surface area contributed by atoms with Crippen LogP contribution in [0.5, 0.6) is 11.5 Å². The lowest BCUT2D eigenvalue weighted by Crippen LogP contribution is -2.25. The second-order valence-corrected chi connectivity index (χ2v) is 5.23. The molecule has 1 aliphatic rings. The Morgan fingerprint density at radius 3 is 2.56 bits per heavy atom. The Hall–Kier alpha value is -3.14. The third-order valence-corrected chi connectivity index (χ3v) is 3.84. The van der Waals surface area contributed by atoms with Crippen LogP contribution in [-0.2, 0) is 14.3 Å². The molecule has 25 heavy (non-hydrogen) atoms. The van der Waals surface area contributed by atoms with Crippen LogP contribution < -0.4 is 15.2 Å². The van der Waals surface area contributed by atoms with Crippen LogP contribution in [-0.4, -0.2) is 26.8 Å². The summed E-state index contributed by atoms with van der Waals surface area (Å²) in [6.07, 6.45) is 0. The molecular formula is C18H20N2O5. The van der Waals surface area contributed by atoms with E-state index in [1.807, 2.05) is 6.07 Å². The smallest absolute Gasteiger partial charge is 0.338 e. The number of benzene rings is 1. The Bertz CT molecular complexity index is 789. The highest BCUT2D eigenvalue weighted by molar-refractivity contribution is 5.92. The molecule has 0 aromatic heterocycles. The largest absolute Gasteiger partial charge is 0.493 e. The fourth-order valence-corrected chi connectivity index (χ4v) is 2.72. The molecule has 0 saturated carbocycles. The van der Waals surface area contributed by atoms with Gasteiger partial charge in [-0.2, -0.15) is 5.26 Å². The minimum atomic E-state index is -0.711. The summed E-state index contributed by atoms with van der Waals surface area (Å²) in [5.74, 6) is 0.00980. The number of methoxy groups -OCH3 is 2. The molecule has 0 radical (unpaired) electrons. The maximum Gasteiger partial charge on any atom is 0.338 e. The highest BCUT2D eigenvalue weighted by Crippen LogP contribution is 2.42. The number of hydrogen-bond donors (Lipinski definition) is 1. The first-order chi connectivity index (χ1) is 12.0. The lowest BCUT2D eigenvalue weighted by atomic mass is 9.83. The van der Waals surface area contributed by atoms with Crippen LogP contribution in [0.2, 0.25) is 0 Å². The van der Waals surface area contributed by atoms with Gasteiger partial charge < -0.3 is 24.7 Å². The van der Waals surface area contributed by atoms with Crippen LogP contribution in [0.3, 0.4) is 0 Å². The van der Waals surface area contributed by atoms with Crippen molar-refractivity contribution < 1.29 is 23.7 Å². The summed E-state index contributed by atoms with van der Waals surface area (Å²) in [6, 6.07) is 7.18. The molecule has 2 N–H and O–H groups in total. The predicted octanol–water partition coefficient (Wildman–Crippen LogP) is 2.35. The summed E-state index contributed by atoms with van der Waals surface area (Å²) in [5, 5.41) is 9.54. The van der Waals surface area contributed by atoms with E-state index in [4.69, 9.17) is 24.7 Å². The van der Waals surface area contributed by atoms with Crippen molar-refractivity contribution in [2.75, 3.05) is 20.8 Å². The van der Waals surface area contributed by atoms with Gasteiger partial charge in [0.15, 0.2) is 11.5 Å². The van der Waals surface area contributed by atoms with Gasteiger partial charge in [-0.25, -0.2) is 4.79 Å². The molecule has 1 atom stereocenters. The average molecular weight is 344 g/mol. The van der Waals surface area contributed by atoms with E-state index < -0.39 is 11.9 Å². The number of hydrogen-bond acceptors (Lipinski definition) is 7. The van der Waals surface area contributed by atoms with Crippen LogP contribution in [0.4, 0.5) is 0 Å². The Balaban J connectivity index is 2.64. The lowest BCUT2D eigenvalue weighted by molar-refractivity contribution is -0.139. The molecule has 1 aromatic rings. The SMILES string of the molecule is CCOC(=O)C1=C(C)OC(N)=C(C#N)[C@@H]1c1ccc(OC)c(OC)c1. The number of rotatable bonds is 5. The molecule has 0 amide bonds. The first-order valence-corrected chi connectivity index (χ1v) is 7.65. The Morgan fingerprint density at radius 1 is 1.32 bits per heavy atom. The van der Waals surface area contributed by atoms with Crippen LogP contribution in [0.15, 0.2) is 41.0 Å². The topological polar surface area (TPSA) is 104 Å². The molecule has 2 rings (SSSR count). The second-order valence-electron chi connectivity index (χ2n) is 5.23. The summed E-state index contributed by atoms with van der Waals surface area (Å²) in [7, 11) is 3.03. The van der Waals surface area contributed by atoms with Crippen molar-refractivity contribution >= 4 is 5.97 Å². The summed E-state index contributed by atoms with van der Waals surface area (Å²) >= 11 is 0. The van der Waals surface area contributed by atoms with Crippen molar-refractivity contribution in [3.8, 4) is 17.6 Å². The molecule has 0 aliphatic carbocycles. The zero-order valence-electron chi connectivity index (χ0n) is 14.6. The third-order valence-electron chi connectivity index (χ3n) is 3.84. The van der Waals surface area contributed by atoms with Gasteiger partial charge in [0.25, 0.3) is 0 Å². The molecule has 7 heteroatoms. The third kappa shape index (κ3) is 3.38. The monoisotopic (exact) mass is 344 g/mol. The molecule has 0 fully saturated rings. The molecule has 1 aliphatic heterocycles. The van der Waals surface area contributed by atoms with Gasteiger partial charge in [0.2, 0.25) is 5.88 Å². The molecule has 0 bridgehead atoms. The zero-order valence-corrected chi connectivity index (χ0v) is 14.6. The standard InChI is InChI=1S/C18H20N2O5/c1-5-24-18(21)15-10(2)25-17(20)12(9-19)16(15)11-6-7-13(22-3)14(8-11)23-4/h6-8,16H,5,20H2,1-4H3/t16-/m0/s1. The number of allylic oxidation sites excluding steroid dienone is 2. The highest BCUT2D eigenvalue weighted by atomic mass is 16.5. The van der Waals surface area contributed by atoms with Crippen LogP contribution in [0.1, 0.15) is 25.3 Å². The van der Waals surface area contributed by atoms with Gasteiger partial charge >= 0.3 is 5.97 Å². The number of nitrogens with zero attached hydrogens (tertiary/aromatic N) is 1. The van der Waals surface area contributed by atoms with Crippen molar-refractivity contribution in [1.82, 2.24) is 0 Å². The molecule has 7 nitrogen and oxygen atoms in total. The fourth-order valence-electron chi connectivity index (χ4n) is 2.72. The van der Waals surface area contributed by atoms with Gasteiger partial charge in [-0.05, 0) is 31.5 Å². The molecule has 0 saturated heterocycles. The van der Waals surface area contributed by atoms with E-state index in [0.29, 0.717) is 22.8 Å². The number of esters is 1. The van der Waals surface area contributed by atoms with E-state index in [1.54, 1.807) is 32.0 Å². The van der Waals surface area contributed by atoms with E-state index in [2.05, 4.69) is 0 Å². The molecule has 0 spiro atoms. The van der Waals surface area contributed by atoms with Gasteiger partial charge in [0.1, 0.15) is 17.4 Å². The van der Waals surface area contributed by atoms with Gasteiger partial charge in [-0.1, -0.05) is 6.07 Å². The fraction of sp³-hybridized carbons (Fsp3) is 0.333. The molecule has 1 aromatic carbocycles. The van der Waals surface area contributed by atoms with Gasteiger partial charge in [0, 0.05) is 0 Å². The summed E-state index contributed by atoms with van der Waals surface area (Å²) in [5.41, 5.74) is 6.88. The summed E-state index contributed by atoms with van der Waals surface area (Å²) < 4.78 is 21.1. The first-order valence-electron chi connectivity index (χ1n) is 7.65. The molecule has 0 unspecified atom stereocenters. The predicted molar refractivity (Wildman–Crippen MR) is 89.5 cm³/mol. The number of carbonyl (C=O) groups is 1. The molecular weight excluding hydrogens is 324 g/mol. The van der Waals surface area contributed by atoms with Gasteiger partial charge in [-0.3, -0.25) is 0 Å². The Kier molecular flexibility index (Phi) is 5.55. The van der Waals surface area contributed by atoms with E-state index >= 15 is 0 Å². The minimum absolute atomic E-state index is 0.0344. The van der Waals surface area contributed by atoms with Gasteiger partial charge in [-0.15, -0.1) is 0 Å². The van der Waals surface area contributed by atoms with Crippen LogP contribution >= 0.6 is 0 Å². The number of nitrogens with two attached hydrogens (primary N) is 1. The van der Waals surface area contributed by atoms with Crippen molar-refractivity contribution in [1.29, 1.82) is 5.26 Å². The number of carbonyl (C=O) groups excluding carboxylic acids is 1. The van der Waals surface area contributed by atoms with Gasteiger partial charge in [0.05, 0.1) is 32.3 Å². The van der Waals surface area contributed by atoms with Crippen LogP contribution in [0, 0.1) is 11.3 Å². The quantitative estimate of drug-likeness (QED) is 0.818. The number of ether oxygens (including phenoxy) is 4. The maximum atomic E-state index is 12.4. The van der Waals surface area contributed by atoms with E-state index in [-0.39, 0.29) is 23.6 Å². The van der Waals surface area contributed by atoms with Crippen LogP contribution in [0.25, 0.3) is 0 Å². The molecule has 132 valence electrons. The Morgan fingerprint density at radius 2 is 2.00 bits per heavy atom. The highest BCUT2D eigenvalue weighted by Gasteiger charge is 2.36. The molecule has 1 heterocycles. The number of nitriles is 1. The normalized spacial score (nSPS) is 16.8. The maximum absolute atomic E-state index is 12.4. The van der Waals surface area contributed by atoms with Crippen molar-refractivity contribution in [2.24, 2.45) is 5.73 Å². The summed E-state index contributed by atoms with van der Waals surface area (Å²) in [6.45, 7) is 3.52. The first kappa shape index (κ1) is 18.2.